The Morgan fingerprint density at radius 3 is 2.62 bits per heavy atom. The molecule has 0 amide bonds. The molecule has 3 nitrogen and oxygen atoms in total. The molecule has 0 heterocycles. The lowest BCUT2D eigenvalue weighted by Gasteiger charge is -2.00. The van der Waals surface area contributed by atoms with Crippen LogP contribution < -0.4 is 5.32 Å². The summed E-state index contributed by atoms with van der Waals surface area (Å²) in [5.41, 5.74) is 8.55. The predicted molar refractivity (Wildman–Crippen MR) is 53.9 cm³/mol. The number of nitrogens with one attached hydrogen (secondary N) is 2. The Balaban J connectivity index is 2.58. The Hall–Kier alpha value is -1.35. The third kappa shape index (κ3) is 3.25. The summed E-state index contributed by atoms with van der Waals surface area (Å²) in [7, 11) is 0. The molecular formula is C9H10ClN3. The molecule has 0 aliphatic carbocycles. The highest BCUT2D eigenvalue weighted by molar-refractivity contribution is 6.17. The first kappa shape index (κ1) is 9.74. The molecule has 0 aliphatic heterocycles. The number of nitrogens with zero attached hydrogens (tertiary/aromatic N) is 1. The fourth-order valence-electron chi connectivity index (χ4n) is 0.861. The molecule has 4 heteroatoms. The molecule has 1 rings (SSSR count). The number of benzene rings is 1. The summed E-state index contributed by atoms with van der Waals surface area (Å²) in [4.78, 5) is 0. The summed E-state index contributed by atoms with van der Waals surface area (Å²) < 4.78 is 0. The second-order valence-electron chi connectivity index (χ2n) is 2.42. The Morgan fingerprint density at radius 2 is 2.08 bits per heavy atom. The lowest BCUT2D eigenvalue weighted by atomic mass is 10.2. The van der Waals surface area contributed by atoms with Crippen molar-refractivity contribution in [3.8, 4) is 0 Å². The van der Waals surface area contributed by atoms with Crippen LogP contribution in [0, 0.1) is 5.53 Å². The van der Waals surface area contributed by atoms with Gasteiger partial charge in [-0.3, -0.25) is 0 Å². The van der Waals surface area contributed by atoms with Gasteiger partial charge < -0.3 is 5.32 Å². The van der Waals surface area contributed by atoms with E-state index in [0.29, 0.717) is 5.88 Å². The first-order valence-electron chi connectivity index (χ1n) is 3.80. The molecule has 0 aromatic heterocycles. The average molecular weight is 196 g/mol. The predicted octanol–water partition coefficient (Wildman–Crippen LogP) is 3.34. The van der Waals surface area contributed by atoms with Crippen LogP contribution in [0.4, 0.5) is 5.69 Å². The highest BCUT2D eigenvalue weighted by Gasteiger charge is 1.89. The maximum atomic E-state index is 6.51. The fourth-order valence-corrected chi connectivity index (χ4v) is 1.04. The van der Waals surface area contributed by atoms with Crippen LogP contribution in [0.1, 0.15) is 5.56 Å². The Bertz CT molecular complexity index is 292. The zero-order valence-corrected chi connectivity index (χ0v) is 7.75. The number of hydrogen-bond donors (Lipinski definition) is 2. The van der Waals surface area contributed by atoms with Gasteiger partial charge in [0.05, 0.1) is 6.20 Å². The zero-order valence-electron chi connectivity index (χ0n) is 7.00. The largest absolute Gasteiger partial charge is 0.360 e. The molecule has 1 aromatic carbocycles. The molecule has 1 aromatic rings. The minimum absolute atomic E-state index is 0.526. The number of alkyl halides is 1. The standard InChI is InChI=1S/C9H10ClN3/c10-7-8-1-3-9(4-2-8)12-5-6-13-11/h1-6,11-12H,7H2/b6-5-,13-11?. The molecule has 0 aliphatic rings. The number of hydrogen-bond acceptors (Lipinski definition) is 3. The van der Waals surface area contributed by atoms with Crippen molar-refractivity contribution in [2.75, 3.05) is 5.32 Å². The van der Waals surface area contributed by atoms with Crippen LogP contribution in [0.15, 0.2) is 41.8 Å². The number of rotatable bonds is 4. The zero-order chi connectivity index (χ0) is 9.52. The van der Waals surface area contributed by atoms with Crippen molar-refractivity contribution < 1.29 is 0 Å². The highest BCUT2D eigenvalue weighted by Crippen LogP contribution is 2.10. The normalized spacial score (nSPS) is 10.2. The maximum absolute atomic E-state index is 6.51. The van der Waals surface area contributed by atoms with Crippen molar-refractivity contribution >= 4 is 17.3 Å². The van der Waals surface area contributed by atoms with Crippen LogP contribution in [-0.2, 0) is 5.88 Å². The van der Waals surface area contributed by atoms with Crippen molar-refractivity contribution in [2.45, 2.75) is 5.88 Å². The summed E-state index contributed by atoms with van der Waals surface area (Å²) in [5, 5.41) is 6.03. The summed E-state index contributed by atoms with van der Waals surface area (Å²) in [6, 6.07) is 7.74. The van der Waals surface area contributed by atoms with Crippen molar-refractivity contribution in [3.05, 3.63) is 42.2 Å². The molecule has 2 N–H and O–H groups in total. The highest BCUT2D eigenvalue weighted by atomic mass is 35.5. The topological polar surface area (TPSA) is 48.2 Å². The van der Waals surface area contributed by atoms with Crippen LogP contribution in [0.2, 0.25) is 0 Å². The number of halogens is 1. The molecule has 0 unspecified atom stereocenters. The van der Waals surface area contributed by atoms with E-state index in [0.717, 1.165) is 11.3 Å². The average Bonchev–Trinajstić information content (AvgIpc) is 2.19. The fraction of sp³-hybridized carbons (Fsp3) is 0.111. The summed E-state index contributed by atoms with van der Waals surface area (Å²) in [6.07, 6.45) is 2.97. The summed E-state index contributed by atoms with van der Waals surface area (Å²) in [5.74, 6) is 0.526. The Kier molecular flexibility index (Phi) is 3.99. The monoisotopic (exact) mass is 195 g/mol. The molecule has 0 radical (unpaired) electrons. The van der Waals surface area contributed by atoms with E-state index in [2.05, 4.69) is 10.4 Å². The quantitative estimate of drug-likeness (QED) is 0.562. The first-order chi connectivity index (χ1) is 6.36. The van der Waals surface area contributed by atoms with Gasteiger partial charge >= 0.3 is 0 Å². The van der Waals surface area contributed by atoms with E-state index in [9.17, 15) is 0 Å². The minimum atomic E-state index is 0.526. The van der Waals surface area contributed by atoms with Crippen molar-refractivity contribution in [2.24, 2.45) is 5.11 Å². The van der Waals surface area contributed by atoms with Crippen LogP contribution in [0.5, 0.6) is 0 Å². The van der Waals surface area contributed by atoms with E-state index < -0.39 is 0 Å². The molecule has 13 heavy (non-hydrogen) atoms. The van der Waals surface area contributed by atoms with Crippen molar-refractivity contribution in [1.82, 2.24) is 0 Å². The van der Waals surface area contributed by atoms with Crippen LogP contribution in [-0.4, -0.2) is 0 Å². The van der Waals surface area contributed by atoms with Gasteiger partial charge in [-0.05, 0) is 17.7 Å². The van der Waals surface area contributed by atoms with Gasteiger partial charge in [-0.25, -0.2) is 5.53 Å². The first-order valence-corrected chi connectivity index (χ1v) is 4.33. The van der Waals surface area contributed by atoms with Gasteiger partial charge in [-0.2, -0.15) is 5.11 Å². The third-order valence-electron chi connectivity index (χ3n) is 1.51. The lowest BCUT2D eigenvalue weighted by Crippen LogP contribution is -1.86. The summed E-state index contributed by atoms with van der Waals surface area (Å²) in [6.45, 7) is 0. The maximum Gasteiger partial charge on any atom is 0.0648 e. The van der Waals surface area contributed by atoms with Crippen LogP contribution in [0.25, 0.3) is 0 Å². The molecule has 0 spiro atoms. The van der Waals surface area contributed by atoms with E-state index in [4.69, 9.17) is 17.1 Å². The van der Waals surface area contributed by atoms with Gasteiger partial charge in [0.25, 0.3) is 0 Å². The van der Waals surface area contributed by atoms with Crippen LogP contribution in [0.3, 0.4) is 0 Å². The molecular weight excluding hydrogens is 186 g/mol. The van der Waals surface area contributed by atoms with Gasteiger partial charge in [0, 0.05) is 17.8 Å². The molecule has 0 fully saturated rings. The Labute approximate surface area is 81.9 Å². The molecule has 0 saturated heterocycles. The second kappa shape index (κ2) is 5.32. The van der Waals surface area contributed by atoms with E-state index in [-0.39, 0.29) is 0 Å². The van der Waals surface area contributed by atoms with Gasteiger partial charge in [-0.1, -0.05) is 12.1 Å². The van der Waals surface area contributed by atoms with E-state index in [1.807, 2.05) is 24.3 Å². The van der Waals surface area contributed by atoms with Gasteiger partial charge in [-0.15, -0.1) is 11.6 Å². The molecule has 0 atom stereocenters. The van der Waals surface area contributed by atoms with Crippen LogP contribution >= 0.6 is 11.6 Å². The third-order valence-corrected chi connectivity index (χ3v) is 1.82. The van der Waals surface area contributed by atoms with E-state index in [1.54, 1.807) is 6.20 Å². The van der Waals surface area contributed by atoms with Crippen molar-refractivity contribution in [1.29, 1.82) is 5.53 Å². The smallest absolute Gasteiger partial charge is 0.0648 e. The van der Waals surface area contributed by atoms with Crippen molar-refractivity contribution in [3.63, 3.8) is 0 Å². The molecule has 0 saturated carbocycles. The molecule has 68 valence electrons. The van der Waals surface area contributed by atoms with Gasteiger partial charge in [0.15, 0.2) is 0 Å². The molecule has 0 bridgehead atoms. The number of anilines is 1. The van der Waals surface area contributed by atoms with Gasteiger partial charge in [0.2, 0.25) is 0 Å². The summed E-state index contributed by atoms with van der Waals surface area (Å²) >= 11 is 5.63. The van der Waals surface area contributed by atoms with E-state index >= 15 is 0 Å². The SMILES string of the molecule is N=N/C=C\Nc1ccc(CCl)cc1. The second-order valence-corrected chi connectivity index (χ2v) is 2.69. The van der Waals surface area contributed by atoms with Gasteiger partial charge in [0.1, 0.15) is 0 Å². The Morgan fingerprint density at radius 1 is 1.38 bits per heavy atom. The minimum Gasteiger partial charge on any atom is -0.360 e. The van der Waals surface area contributed by atoms with E-state index in [1.165, 1.54) is 6.20 Å². The lowest BCUT2D eigenvalue weighted by molar-refractivity contribution is 1.14.